The normalized spacial score (nSPS) is 27.0. The van der Waals surface area contributed by atoms with Gasteiger partial charge in [0, 0.05) is 18.0 Å². The number of likely N-dealkylation sites (tertiary alicyclic amines) is 1. The zero-order valence-corrected chi connectivity index (χ0v) is 11.2. The first kappa shape index (κ1) is 11.8. The summed E-state index contributed by atoms with van der Waals surface area (Å²) in [4.78, 5) is 2.52. The maximum Gasteiger partial charge on any atom is 0.126 e. The summed E-state index contributed by atoms with van der Waals surface area (Å²) in [5, 5.41) is 0. The summed E-state index contributed by atoms with van der Waals surface area (Å²) in [5.74, 6) is 3.24. The van der Waals surface area contributed by atoms with Crippen LogP contribution in [0.4, 0.5) is 0 Å². The van der Waals surface area contributed by atoms with Crippen molar-refractivity contribution in [1.82, 2.24) is 4.90 Å². The number of rotatable bonds is 2. The van der Waals surface area contributed by atoms with Crippen LogP contribution in [0.25, 0.3) is 0 Å². The number of ether oxygens (including phenoxy) is 2. The molecule has 18 heavy (non-hydrogen) atoms. The highest BCUT2D eigenvalue weighted by atomic mass is 16.5. The second-order valence-corrected chi connectivity index (χ2v) is 5.23. The van der Waals surface area contributed by atoms with Gasteiger partial charge < -0.3 is 14.4 Å². The Morgan fingerprint density at radius 1 is 1.44 bits per heavy atom. The first-order valence-corrected chi connectivity index (χ1v) is 6.85. The van der Waals surface area contributed by atoms with Gasteiger partial charge in [-0.05, 0) is 37.6 Å². The number of hydrogen-bond acceptors (Lipinski definition) is 3. The van der Waals surface area contributed by atoms with Crippen molar-refractivity contribution in [1.29, 1.82) is 0 Å². The Morgan fingerprint density at radius 3 is 3.11 bits per heavy atom. The van der Waals surface area contributed by atoms with Crippen LogP contribution in [0.1, 0.15) is 24.8 Å². The largest absolute Gasteiger partial charge is 0.496 e. The van der Waals surface area contributed by atoms with Crippen LogP contribution in [-0.4, -0.2) is 38.3 Å². The first-order chi connectivity index (χ1) is 8.83. The Balaban J connectivity index is 1.93. The molecule has 0 radical (unpaired) electrons. The van der Waals surface area contributed by atoms with Crippen LogP contribution in [0.2, 0.25) is 0 Å². The monoisotopic (exact) mass is 247 g/mol. The summed E-state index contributed by atoms with van der Waals surface area (Å²) in [5.41, 5.74) is 1.30. The highest BCUT2D eigenvalue weighted by molar-refractivity contribution is 5.49. The molecule has 0 aliphatic carbocycles. The Kier molecular flexibility index (Phi) is 3.16. The molecule has 2 aliphatic heterocycles. The van der Waals surface area contributed by atoms with Gasteiger partial charge in [-0.2, -0.15) is 0 Å². The minimum absolute atomic E-state index is 0.604. The molecule has 1 aromatic rings. The number of hydrogen-bond donors (Lipinski definition) is 0. The quantitative estimate of drug-likeness (QED) is 0.801. The standard InChI is InChI=1S/C15H21NO2/c1-3-16-8-7-12-11(9-16)10-18-14-6-4-5-13(17-2)15(12)14/h4-6,11-12H,3,7-10H2,1-2H3/t11-,12+/m1/s1. The fraction of sp³-hybridized carbons (Fsp3) is 0.600. The van der Waals surface area contributed by atoms with E-state index in [-0.39, 0.29) is 0 Å². The fourth-order valence-electron chi connectivity index (χ4n) is 3.33. The van der Waals surface area contributed by atoms with Crippen LogP contribution in [0.3, 0.4) is 0 Å². The minimum Gasteiger partial charge on any atom is -0.496 e. The summed E-state index contributed by atoms with van der Waals surface area (Å²) in [7, 11) is 1.75. The van der Waals surface area contributed by atoms with E-state index in [1.165, 1.54) is 18.5 Å². The molecule has 98 valence electrons. The molecule has 2 heterocycles. The minimum atomic E-state index is 0.604. The second kappa shape index (κ2) is 4.81. The van der Waals surface area contributed by atoms with Crippen molar-refractivity contribution in [2.75, 3.05) is 33.4 Å². The lowest BCUT2D eigenvalue weighted by Gasteiger charge is -2.42. The summed E-state index contributed by atoms with van der Waals surface area (Å²) in [6, 6.07) is 6.14. The van der Waals surface area contributed by atoms with Gasteiger partial charge in [0.2, 0.25) is 0 Å². The summed E-state index contributed by atoms with van der Waals surface area (Å²) in [6.07, 6.45) is 1.22. The van der Waals surface area contributed by atoms with Gasteiger partial charge >= 0.3 is 0 Å². The van der Waals surface area contributed by atoms with Crippen LogP contribution in [0.15, 0.2) is 18.2 Å². The van der Waals surface area contributed by atoms with Crippen molar-refractivity contribution in [2.45, 2.75) is 19.3 Å². The zero-order valence-electron chi connectivity index (χ0n) is 11.2. The molecule has 2 atom stereocenters. The van der Waals surface area contributed by atoms with Crippen molar-refractivity contribution < 1.29 is 9.47 Å². The number of piperidine rings is 1. The van der Waals surface area contributed by atoms with Gasteiger partial charge in [-0.1, -0.05) is 13.0 Å². The average Bonchev–Trinajstić information content (AvgIpc) is 2.45. The van der Waals surface area contributed by atoms with E-state index in [0.29, 0.717) is 11.8 Å². The number of methoxy groups -OCH3 is 1. The zero-order chi connectivity index (χ0) is 12.5. The Bertz CT molecular complexity index is 418. The molecule has 0 amide bonds. The molecule has 0 N–H and O–H groups in total. The topological polar surface area (TPSA) is 21.7 Å². The van der Waals surface area contributed by atoms with E-state index >= 15 is 0 Å². The van der Waals surface area contributed by atoms with Crippen LogP contribution >= 0.6 is 0 Å². The SMILES string of the molecule is CCN1CC[C@@H]2c3c(OC)cccc3OC[C@H]2C1. The van der Waals surface area contributed by atoms with Crippen LogP contribution in [0, 0.1) is 5.92 Å². The van der Waals surface area contributed by atoms with E-state index in [2.05, 4.69) is 24.0 Å². The third kappa shape index (κ3) is 1.87. The molecule has 1 aromatic carbocycles. The Morgan fingerprint density at radius 2 is 2.33 bits per heavy atom. The molecule has 3 heteroatoms. The molecule has 3 rings (SSSR count). The fourth-order valence-corrected chi connectivity index (χ4v) is 3.33. The van der Waals surface area contributed by atoms with Crippen molar-refractivity contribution >= 4 is 0 Å². The first-order valence-electron chi connectivity index (χ1n) is 6.85. The van der Waals surface area contributed by atoms with E-state index in [0.717, 1.165) is 31.2 Å². The predicted octanol–water partition coefficient (Wildman–Crippen LogP) is 2.51. The van der Waals surface area contributed by atoms with Crippen molar-refractivity contribution in [3.63, 3.8) is 0 Å². The molecule has 0 saturated carbocycles. The van der Waals surface area contributed by atoms with Crippen LogP contribution in [-0.2, 0) is 0 Å². The van der Waals surface area contributed by atoms with Gasteiger partial charge in [0.05, 0.1) is 13.7 Å². The molecule has 3 nitrogen and oxygen atoms in total. The van der Waals surface area contributed by atoms with E-state index in [1.807, 2.05) is 6.07 Å². The van der Waals surface area contributed by atoms with Gasteiger partial charge in [0.25, 0.3) is 0 Å². The summed E-state index contributed by atoms with van der Waals surface area (Å²) >= 11 is 0. The highest BCUT2D eigenvalue weighted by Crippen LogP contribution is 2.46. The maximum absolute atomic E-state index is 5.92. The number of benzene rings is 1. The molecule has 0 bridgehead atoms. The molecular formula is C15H21NO2. The molecule has 2 aliphatic rings. The average molecular weight is 247 g/mol. The van der Waals surface area contributed by atoms with E-state index in [4.69, 9.17) is 9.47 Å². The lowest BCUT2D eigenvalue weighted by atomic mass is 9.78. The number of fused-ring (bicyclic) bond motifs is 3. The molecule has 1 saturated heterocycles. The molecule has 1 fully saturated rings. The molecule has 0 unspecified atom stereocenters. The van der Waals surface area contributed by atoms with Gasteiger partial charge in [0.15, 0.2) is 0 Å². The van der Waals surface area contributed by atoms with E-state index < -0.39 is 0 Å². The third-order valence-corrected chi connectivity index (χ3v) is 4.34. The van der Waals surface area contributed by atoms with Gasteiger partial charge in [-0.25, -0.2) is 0 Å². The highest BCUT2D eigenvalue weighted by Gasteiger charge is 2.37. The van der Waals surface area contributed by atoms with E-state index in [9.17, 15) is 0 Å². The summed E-state index contributed by atoms with van der Waals surface area (Å²) in [6.45, 7) is 6.57. The Hall–Kier alpha value is -1.22. The molecular weight excluding hydrogens is 226 g/mol. The van der Waals surface area contributed by atoms with Crippen molar-refractivity contribution in [2.24, 2.45) is 5.92 Å². The molecule has 0 spiro atoms. The van der Waals surface area contributed by atoms with Crippen LogP contribution in [0.5, 0.6) is 11.5 Å². The molecule has 0 aromatic heterocycles. The van der Waals surface area contributed by atoms with Crippen molar-refractivity contribution in [3.8, 4) is 11.5 Å². The lowest BCUT2D eigenvalue weighted by Crippen LogP contribution is -2.43. The van der Waals surface area contributed by atoms with Gasteiger partial charge in [0.1, 0.15) is 11.5 Å². The van der Waals surface area contributed by atoms with Crippen molar-refractivity contribution in [3.05, 3.63) is 23.8 Å². The van der Waals surface area contributed by atoms with Gasteiger partial charge in [-0.3, -0.25) is 0 Å². The second-order valence-electron chi connectivity index (χ2n) is 5.23. The predicted molar refractivity (Wildman–Crippen MR) is 71.5 cm³/mol. The third-order valence-electron chi connectivity index (χ3n) is 4.34. The lowest BCUT2D eigenvalue weighted by molar-refractivity contribution is 0.0949. The smallest absolute Gasteiger partial charge is 0.126 e. The van der Waals surface area contributed by atoms with Gasteiger partial charge in [-0.15, -0.1) is 0 Å². The van der Waals surface area contributed by atoms with E-state index in [1.54, 1.807) is 7.11 Å². The summed E-state index contributed by atoms with van der Waals surface area (Å²) < 4.78 is 11.4. The Labute approximate surface area is 109 Å². The maximum atomic E-state index is 5.92. The number of nitrogens with zero attached hydrogens (tertiary/aromatic N) is 1. The van der Waals surface area contributed by atoms with Crippen LogP contribution < -0.4 is 9.47 Å².